The summed E-state index contributed by atoms with van der Waals surface area (Å²) in [6.07, 6.45) is 6.54. The molecule has 146 valence electrons. The van der Waals surface area contributed by atoms with Gasteiger partial charge in [-0.15, -0.1) is 0 Å². The van der Waals surface area contributed by atoms with Crippen molar-refractivity contribution in [2.24, 2.45) is 0 Å². The Kier molecular flexibility index (Phi) is 3.77. The fraction of sp³-hybridized carbons (Fsp3) is 0.217. The maximum Gasteiger partial charge on any atom is 0.328 e. The van der Waals surface area contributed by atoms with Crippen LogP contribution in [0.1, 0.15) is 25.0 Å². The first-order valence-corrected chi connectivity index (χ1v) is 9.66. The Morgan fingerprint density at radius 2 is 1.90 bits per heavy atom. The highest BCUT2D eigenvalue weighted by Crippen LogP contribution is 2.39. The Hall–Kier alpha value is -3.54. The number of aromatic amines is 2. The van der Waals surface area contributed by atoms with E-state index in [1.54, 1.807) is 24.3 Å². The van der Waals surface area contributed by atoms with E-state index in [2.05, 4.69) is 22.1 Å². The Labute approximate surface area is 166 Å². The summed E-state index contributed by atoms with van der Waals surface area (Å²) in [4.78, 5) is 31.3. The molecule has 3 heterocycles. The highest BCUT2D eigenvalue weighted by Gasteiger charge is 2.25. The third-order valence-corrected chi connectivity index (χ3v) is 5.44. The average Bonchev–Trinajstić information content (AvgIpc) is 3.15. The molecule has 0 saturated carbocycles. The van der Waals surface area contributed by atoms with Gasteiger partial charge in [0.2, 0.25) is 0 Å². The molecule has 29 heavy (non-hydrogen) atoms. The number of ether oxygens (including phenoxy) is 1. The highest BCUT2D eigenvalue weighted by atomic mass is 16.5. The second-order valence-corrected chi connectivity index (χ2v) is 7.94. The minimum absolute atomic E-state index is 0.271. The van der Waals surface area contributed by atoms with E-state index in [0.717, 1.165) is 27.8 Å². The molecule has 2 N–H and O–H groups in total. The van der Waals surface area contributed by atoms with Gasteiger partial charge in [-0.05, 0) is 56.2 Å². The first-order valence-electron chi connectivity index (χ1n) is 9.66. The summed E-state index contributed by atoms with van der Waals surface area (Å²) in [5, 5.41) is 1.54. The van der Waals surface area contributed by atoms with Crippen LogP contribution in [0.5, 0.6) is 5.75 Å². The van der Waals surface area contributed by atoms with Crippen LogP contribution < -0.4 is 16.0 Å². The molecule has 1 aliphatic heterocycles. The van der Waals surface area contributed by atoms with Gasteiger partial charge in [-0.3, -0.25) is 9.36 Å². The molecule has 0 saturated heterocycles. The minimum atomic E-state index is -0.392. The SMILES string of the molecule is CC1(C)C=Cc2c(CCn3c(=O)[nH]c4ccccc4c3=O)cc3[nH]ccc3c2O1. The van der Waals surface area contributed by atoms with Gasteiger partial charge in [0, 0.05) is 29.2 Å². The third-order valence-electron chi connectivity index (χ3n) is 5.44. The molecule has 0 spiro atoms. The van der Waals surface area contributed by atoms with Crippen LogP contribution in [0.15, 0.2) is 58.3 Å². The van der Waals surface area contributed by atoms with Gasteiger partial charge in [-0.2, -0.15) is 0 Å². The number of rotatable bonds is 3. The van der Waals surface area contributed by atoms with Crippen molar-refractivity contribution < 1.29 is 4.74 Å². The van der Waals surface area contributed by atoms with Gasteiger partial charge in [0.25, 0.3) is 5.56 Å². The van der Waals surface area contributed by atoms with Crippen molar-refractivity contribution in [3.63, 3.8) is 0 Å². The number of aryl methyl sites for hydroxylation is 1. The highest BCUT2D eigenvalue weighted by molar-refractivity contribution is 5.92. The van der Waals surface area contributed by atoms with E-state index in [1.165, 1.54) is 4.57 Å². The number of nitrogens with zero attached hydrogens (tertiary/aromatic N) is 1. The van der Waals surface area contributed by atoms with Crippen LogP contribution in [0.2, 0.25) is 0 Å². The third kappa shape index (κ3) is 2.88. The van der Waals surface area contributed by atoms with Crippen molar-refractivity contribution in [2.75, 3.05) is 0 Å². The summed E-state index contributed by atoms with van der Waals surface area (Å²) in [6.45, 7) is 4.33. The van der Waals surface area contributed by atoms with Crippen molar-refractivity contribution in [1.82, 2.24) is 14.5 Å². The Bertz CT molecular complexity index is 1400. The maximum absolute atomic E-state index is 12.8. The molecule has 0 unspecified atom stereocenters. The van der Waals surface area contributed by atoms with Crippen LogP contribution in [0.4, 0.5) is 0 Å². The van der Waals surface area contributed by atoms with Crippen LogP contribution in [0.25, 0.3) is 27.9 Å². The van der Waals surface area contributed by atoms with E-state index in [1.807, 2.05) is 32.2 Å². The first kappa shape index (κ1) is 17.6. The van der Waals surface area contributed by atoms with Gasteiger partial charge in [0.1, 0.15) is 11.4 Å². The van der Waals surface area contributed by atoms with E-state index in [9.17, 15) is 9.59 Å². The smallest absolute Gasteiger partial charge is 0.328 e. The molecule has 0 bridgehead atoms. The van der Waals surface area contributed by atoms with E-state index >= 15 is 0 Å². The minimum Gasteiger partial charge on any atom is -0.482 e. The number of aromatic nitrogens is 3. The molecular formula is C23H21N3O3. The molecule has 0 aliphatic carbocycles. The number of hydrogen-bond donors (Lipinski definition) is 2. The summed E-state index contributed by atoms with van der Waals surface area (Å²) in [5.74, 6) is 0.839. The summed E-state index contributed by atoms with van der Waals surface area (Å²) < 4.78 is 7.51. The zero-order chi connectivity index (χ0) is 20.2. The lowest BCUT2D eigenvalue weighted by atomic mass is 9.95. The molecule has 1 aliphatic rings. The molecule has 2 aromatic carbocycles. The van der Waals surface area contributed by atoms with Crippen molar-refractivity contribution in [1.29, 1.82) is 0 Å². The van der Waals surface area contributed by atoms with Crippen LogP contribution in [0.3, 0.4) is 0 Å². The fourth-order valence-corrected chi connectivity index (χ4v) is 3.96. The summed E-state index contributed by atoms with van der Waals surface area (Å²) in [7, 11) is 0. The van der Waals surface area contributed by atoms with Crippen LogP contribution in [-0.4, -0.2) is 20.1 Å². The Morgan fingerprint density at radius 1 is 1.07 bits per heavy atom. The fourth-order valence-electron chi connectivity index (χ4n) is 3.96. The van der Waals surface area contributed by atoms with Crippen LogP contribution in [0, 0.1) is 0 Å². The second-order valence-electron chi connectivity index (χ2n) is 7.94. The summed E-state index contributed by atoms with van der Waals surface area (Å²) in [6, 6.07) is 11.1. The van der Waals surface area contributed by atoms with E-state index < -0.39 is 5.69 Å². The van der Waals surface area contributed by atoms with Crippen molar-refractivity contribution in [3.05, 3.63) is 80.6 Å². The quantitative estimate of drug-likeness (QED) is 0.564. The molecule has 4 aromatic rings. The number of fused-ring (bicyclic) bond motifs is 4. The van der Waals surface area contributed by atoms with Crippen molar-refractivity contribution in [2.45, 2.75) is 32.4 Å². The zero-order valence-electron chi connectivity index (χ0n) is 16.3. The molecule has 5 rings (SSSR count). The van der Waals surface area contributed by atoms with Gasteiger partial charge in [0.15, 0.2) is 0 Å². The largest absolute Gasteiger partial charge is 0.482 e. The van der Waals surface area contributed by atoms with E-state index in [0.29, 0.717) is 17.3 Å². The van der Waals surface area contributed by atoms with Crippen LogP contribution in [-0.2, 0) is 13.0 Å². The first-order chi connectivity index (χ1) is 13.9. The Balaban J connectivity index is 1.58. The van der Waals surface area contributed by atoms with E-state index in [4.69, 9.17) is 4.74 Å². The van der Waals surface area contributed by atoms with Gasteiger partial charge in [0.05, 0.1) is 10.9 Å². The monoisotopic (exact) mass is 387 g/mol. The topological polar surface area (TPSA) is 79.9 Å². The molecule has 0 radical (unpaired) electrons. The van der Waals surface area contributed by atoms with Gasteiger partial charge >= 0.3 is 5.69 Å². The number of nitrogens with one attached hydrogen (secondary N) is 2. The summed E-state index contributed by atoms with van der Waals surface area (Å²) >= 11 is 0. The van der Waals surface area contributed by atoms with Gasteiger partial charge in [-0.1, -0.05) is 18.2 Å². The summed E-state index contributed by atoms with van der Waals surface area (Å²) in [5.41, 5.74) is 2.51. The lowest BCUT2D eigenvalue weighted by molar-refractivity contribution is 0.161. The number of benzene rings is 2. The number of para-hydroxylation sites is 1. The molecule has 0 amide bonds. The standard InChI is InChI=1S/C23H21N3O3/c1-23(2)10-7-15-14(13-19-16(8-11-24-19)20(15)29-23)9-12-26-21(27)17-5-3-4-6-18(17)25-22(26)28/h3-8,10-11,13,24H,9,12H2,1-2H3,(H,25,28). The average molecular weight is 387 g/mol. The number of H-pyrrole nitrogens is 2. The van der Waals surface area contributed by atoms with Crippen LogP contribution >= 0.6 is 0 Å². The predicted molar refractivity (Wildman–Crippen MR) is 115 cm³/mol. The normalized spacial score (nSPS) is 14.8. The molecule has 0 atom stereocenters. The van der Waals surface area contributed by atoms with E-state index in [-0.39, 0.29) is 17.7 Å². The molecular weight excluding hydrogens is 366 g/mol. The predicted octanol–water partition coefficient (Wildman–Crippen LogP) is 3.60. The van der Waals surface area contributed by atoms with Gasteiger partial charge in [-0.25, -0.2) is 4.79 Å². The second kappa shape index (κ2) is 6.24. The molecule has 6 nitrogen and oxygen atoms in total. The Morgan fingerprint density at radius 3 is 2.76 bits per heavy atom. The molecule has 2 aromatic heterocycles. The maximum atomic E-state index is 12.8. The van der Waals surface area contributed by atoms with Crippen molar-refractivity contribution >= 4 is 27.9 Å². The van der Waals surface area contributed by atoms with Gasteiger partial charge < -0.3 is 14.7 Å². The molecule has 6 heteroatoms. The lowest BCUT2D eigenvalue weighted by Gasteiger charge is -2.29. The zero-order valence-corrected chi connectivity index (χ0v) is 16.3. The lowest BCUT2D eigenvalue weighted by Crippen LogP contribution is -2.35. The van der Waals surface area contributed by atoms with Crippen molar-refractivity contribution in [3.8, 4) is 5.75 Å². The number of hydrogen-bond acceptors (Lipinski definition) is 3. The molecule has 0 fully saturated rings.